The maximum atomic E-state index is 11.7. The first-order valence-corrected chi connectivity index (χ1v) is 7.21. The summed E-state index contributed by atoms with van der Waals surface area (Å²) in [7, 11) is 1.59. The normalized spacial score (nSPS) is 10.0. The van der Waals surface area contributed by atoms with Gasteiger partial charge >= 0.3 is 0 Å². The van der Waals surface area contributed by atoms with Crippen LogP contribution in [0.3, 0.4) is 0 Å². The van der Waals surface area contributed by atoms with Gasteiger partial charge in [0.15, 0.2) is 11.5 Å². The SMILES string of the molecule is COc1ccccc1OCCC(=O)NCCc1cccnc1. The minimum atomic E-state index is -0.0289. The van der Waals surface area contributed by atoms with Gasteiger partial charge in [0.2, 0.25) is 5.91 Å². The zero-order valence-electron chi connectivity index (χ0n) is 12.6. The predicted molar refractivity (Wildman–Crippen MR) is 84.1 cm³/mol. The highest BCUT2D eigenvalue weighted by molar-refractivity contribution is 5.76. The van der Waals surface area contributed by atoms with Gasteiger partial charge in [-0.25, -0.2) is 0 Å². The average Bonchev–Trinajstić information content (AvgIpc) is 2.56. The molecular weight excluding hydrogens is 280 g/mol. The Hall–Kier alpha value is -2.56. The summed E-state index contributed by atoms with van der Waals surface area (Å²) >= 11 is 0. The summed E-state index contributed by atoms with van der Waals surface area (Å²) in [6, 6.07) is 11.3. The van der Waals surface area contributed by atoms with Gasteiger partial charge < -0.3 is 14.8 Å². The minimum absolute atomic E-state index is 0.0289. The molecule has 2 rings (SSSR count). The Bertz CT molecular complexity index is 587. The van der Waals surface area contributed by atoms with E-state index in [0.29, 0.717) is 31.1 Å². The number of aromatic nitrogens is 1. The van der Waals surface area contributed by atoms with E-state index < -0.39 is 0 Å². The van der Waals surface area contributed by atoms with Crippen molar-refractivity contribution in [2.75, 3.05) is 20.3 Å². The van der Waals surface area contributed by atoms with Crippen molar-refractivity contribution in [2.45, 2.75) is 12.8 Å². The molecule has 0 aliphatic heterocycles. The van der Waals surface area contributed by atoms with E-state index in [1.807, 2.05) is 36.4 Å². The molecule has 0 radical (unpaired) electrons. The first-order valence-electron chi connectivity index (χ1n) is 7.21. The third kappa shape index (κ3) is 5.09. The van der Waals surface area contributed by atoms with Gasteiger partial charge in [-0.2, -0.15) is 0 Å². The van der Waals surface area contributed by atoms with Crippen LogP contribution < -0.4 is 14.8 Å². The number of ether oxygens (including phenoxy) is 2. The van der Waals surface area contributed by atoms with Crippen LogP contribution in [-0.4, -0.2) is 31.2 Å². The van der Waals surface area contributed by atoms with Gasteiger partial charge in [0.1, 0.15) is 0 Å². The summed E-state index contributed by atoms with van der Waals surface area (Å²) in [4.78, 5) is 15.8. The molecule has 0 aliphatic carbocycles. The fourth-order valence-electron chi connectivity index (χ4n) is 1.97. The summed E-state index contributed by atoms with van der Waals surface area (Å²) in [6.45, 7) is 0.915. The van der Waals surface area contributed by atoms with Crippen LogP contribution in [0, 0.1) is 0 Å². The van der Waals surface area contributed by atoms with E-state index in [-0.39, 0.29) is 5.91 Å². The summed E-state index contributed by atoms with van der Waals surface area (Å²) in [5.74, 6) is 1.28. The van der Waals surface area contributed by atoms with Crippen LogP contribution in [0.5, 0.6) is 11.5 Å². The summed E-state index contributed by atoms with van der Waals surface area (Å²) in [6.07, 6.45) is 4.62. The standard InChI is InChI=1S/C17H20N2O3/c1-21-15-6-2-3-7-16(15)22-12-9-17(20)19-11-8-14-5-4-10-18-13-14/h2-7,10,13H,8-9,11-12H2,1H3,(H,19,20). The molecule has 5 nitrogen and oxygen atoms in total. The summed E-state index contributed by atoms with van der Waals surface area (Å²) < 4.78 is 10.8. The molecule has 0 aliphatic rings. The molecule has 0 saturated carbocycles. The highest BCUT2D eigenvalue weighted by Crippen LogP contribution is 2.25. The van der Waals surface area contributed by atoms with Crippen LogP contribution in [0.2, 0.25) is 0 Å². The van der Waals surface area contributed by atoms with Crippen molar-refractivity contribution >= 4 is 5.91 Å². The third-order valence-electron chi connectivity index (χ3n) is 3.11. The molecule has 0 fully saturated rings. The van der Waals surface area contributed by atoms with Gasteiger partial charge in [-0.05, 0) is 30.2 Å². The van der Waals surface area contributed by atoms with E-state index in [4.69, 9.17) is 9.47 Å². The zero-order valence-corrected chi connectivity index (χ0v) is 12.6. The van der Waals surface area contributed by atoms with Gasteiger partial charge in [0.05, 0.1) is 20.1 Å². The smallest absolute Gasteiger partial charge is 0.223 e. The molecule has 0 saturated heterocycles. The fraction of sp³-hybridized carbons (Fsp3) is 0.294. The largest absolute Gasteiger partial charge is 0.493 e. The second-order valence-corrected chi connectivity index (χ2v) is 4.71. The van der Waals surface area contributed by atoms with Crippen molar-refractivity contribution in [1.29, 1.82) is 0 Å². The number of amides is 1. The molecule has 22 heavy (non-hydrogen) atoms. The van der Waals surface area contributed by atoms with Crippen molar-refractivity contribution < 1.29 is 14.3 Å². The Morgan fingerprint density at radius 1 is 1.18 bits per heavy atom. The molecule has 0 atom stereocenters. The second-order valence-electron chi connectivity index (χ2n) is 4.71. The second kappa shape index (κ2) is 8.67. The van der Waals surface area contributed by atoms with Gasteiger partial charge in [0.25, 0.3) is 0 Å². The summed E-state index contributed by atoms with van der Waals surface area (Å²) in [5, 5.41) is 2.87. The number of carbonyl (C=O) groups excluding carboxylic acids is 1. The minimum Gasteiger partial charge on any atom is -0.493 e. The molecule has 1 amide bonds. The van der Waals surface area contributed by atoms with E-state index in [9.17, 15) is 4.79 Å². The number of hydrogen-bond acceptors (Lipinski definition) is 4. The molecule has 1 aromatic heterocycles. The van der Waals surface area contributed by atoms with E-state index >= 15 is 0 Å². The molecule has 0 unspecified atom stereocenters. The highest BCUT2D eigenvalue weighted by Gasteiger charge is 2.05. The number of nitrogens with one attached hydrogen (secondary N) is 1. The summed E-state index contributed by atoms with van der Waals surface area (Å²) in [5.41, 5.74) is 1.10. The van der Waals surface area contributed by atoms with Crippen LogP contribution in [0.4, 0.5) is 0 Å². The first-order chi connectivity index (χ1) is 10.8. The maximum Gasteiger partial charge on any atom is 0.223 e. The molecule has 0 spiro atoms. The quantitative estimate of drug-likeness (QED) is 0.812. The zero-order chi connectivity index (χ0) is 15.6. The maximum absolute atomic E-state index is 11.7. The average molecular weight is 300 g/mol. The molecular formula is C17H20N2O3. The Morgan fingerprint density at radius 2 is 2.00 bits per heavy atom. The molecule has 1 N–H and O–H groups in total. The number of methoxy groups -OCH3 is 1. The van der Waals surface area contributed by atoms with Crippen LogP contribution in [-0.2, 0) is 11.2 Å². The molecule has 116 valence electrons. The molecule has 1 heterocycles. The Balaban J connectivity index is 1.65. The predicted octanol–water partition coefficient (Wildman–Crippen LogP) is 2.22. The Morgan fingerprint density at radius 3 is 2.73 bits per heavy atom. The molecule has 2 aromatic rings. The number of carbonyl (C=O) groups is 1. The molecule has 0 bridgehead atoms. The van der Waals surface area contributed by atoms with Crippen molar-refractivity contribution in [3.63, 3.8) is 0 Å². The highest BCUT2D eigenvalue weighted by atomic mass is 16.5. The van der Waals surface area contributed by atoms with E-state index in [0.717, 1.165) is 12.0 Å². The van der Waals surface area contributed by atoms with Gasteiger partial charge in [-0.1, -0.05) is 18.2 Å². The van der Waals surface area contributed by atoms with Crippen molar-refractivity contribution in [3.8, 4) is 11.5 Å². The van der Waals surface area contributed by atoms with Crippen LogP contribution in [0.15, 0.2) is 48.8 Å². The van der Waals surface area contributed by atoms with Crippen molar-refractivity contribution in [2.24, 2.45) is 0 Å². The van der Waals surface area contributed by atoms with E-state index in [2.05, 4.69) is 10.3 Å². The van der Waals surface area contributed by atoms with Crippen LogP contribution in [0.1, 0.15) is 12.0 Å². The van der Waals surface area contributed by atoms with E-state index in [1.54, 1.807) is 19.5 Å². The third-order valence-corrected chi connectivity index (χ3v) is 3.11. The fourth-order valence-corrected chi connectivity index (χ4v) is 1.97. The number of hydrogen-bond donors (Lipinski definition) is 1. The topological polar surface area (TPSA) is 60.5 Å². The van der Waals surface area contributed by atoms with E-state index in [1.165, 1.54) is 0 Å². The molecule has 5 heteroatoms. The van der Waals surface area contributed by atoms with Crippen molar-refractivity contribution in [3.05, 3.63) is 54.4 Å². The number of rotatable bonds is 8. The first kappa shape index (κ1) is 15.8. The number of pyridine rings is 1. The lowest BCUT2D eigenvalue weighted by molar-refractivity contribution is -0.121. The number of benzene rings is 1. The Kier molecular flexibility index (Phi) is 6.23. The van der Waals surface area contributed by atoms with Crippen molar-refractivity contribution in [1.82, 2.24) is 10.3 Å². The number of nitrogens with zero attached hydrogens (tertiary/aromatic N) is 1. The monoisotopic (exact) mass is 300 g/mol. The van der Waals surface area contributed by atoms with Gasteiger partial charge in [0, 0.05) is 18.9 Å². The van der Waals surface area contributed by atoms with Crippen LogP contribution >= 0.6 is 0 Å². The van der Waals surface area contributed by atoms with Gasteiger partial charge in [-0.3, -0.25) is 9.78 Å². The molecule has 1 aromatic carbocycles. The lowest BCUT2D eigenvalue weighted by Crippen LogP contribution is -2.27. The Labute approximate surface area is 130 Å². The van der Waals surface area contributed by atoms with Crippen LogP contribution in [0.25, 0.3) is 0 Å². The lowest BCUT2D eigenvalue weighted by atomic mass is 10.2. The lowest BCUT2D eigenvalue weighted by Gasteiger charge is -2.10. The van der Waals surface area contributed by atoms with Gasteiger partial charge in [-0.15, -0.1) is 0 Å². The number of para-hydroxylation sites is 2.